The number of methoxy groups -OCH3 is 2. The lowest BCUT2D eigenvalue weighted by Gasteiger charge is -2.30. The molecular formula is C22H31Cl2N3O3. The maximum atomic E-state index is 12.3. The number of carbonyl (C=O) groups excluding carboxylic acids is 1. The van der Waals surface area contributed by atoms with Crippen LogP contribution in [-0.4, -0.2) is 38.1 Å². The molecule has 0 saturated heterocycles. The van der Waals surface area contributed by atoms with Crippen molar-refractivity contribution in [2.24, 2.45) is 11.7 Å². The van der Waals surface area contributed by atoms with Crippen molar-refractivity contribution < 1.29 is 14.3 Å². The molecule has 166 valence electrons. The highest BCUT2D eigenvalue weighted by atomic mass is 35.5. The molecule has 6 nitrogen and oxygen atoms in total. The molecule has 1 aliphatic rings. The lowest BCUT2D eigenvalue weighted by Crippen LogP contribution is -2.31. The number of nitrogens with one attached hydrogen (secondary N) is 1. The van der Waals surface area contributed by atoms with Gasteiger partial charge in [-0.2, -0.15) is 0 Å². The van der Waals surface area contributed by atoms with Crippen molar-refractivity contribution in [3.63, 3.8) is 0 Å². The predicted octanol–water partition coefficient (Wildman–Crippen LogP) is 3.64. The first-order valence-corrected chi connectivity index (χ1v) is 9.60. The van der Waals surface area contributed by atoms with Gasteiger partial charge in [-0.05, 0) is 41.3 Å². The van der Waals surface area contributed by atoms with Crippen LogP contribution in [0.4, 0.5) is 5.69 Å². The number of anilines is 1. The highest BCUT2D eigenvalue weighted by molar-refractivity contribution is 5.93. The molecule has 0 radical (unpaired) electrons. The Morgan fingerprint density at radius 1 is 1.13 bits per heavy atom. The van der Waals surface area contributed by atoms with E-state index in [2.05, 4.69) is 28.4 Å². The summed E-state index contributed by atoms with van der Waals surface area (Å²) >= 11 is 0. The molecular weight excluding hydrogens is 425 g/mol. The number of nitrogens with two attached hydrogens (primary N) is 1. The van der Waals surface area contributed by atoms with Gasteiger partial charge in [-0.1, -0.05) is 25.1 Å². The molecule has 0 bridgehead atoms. The van der Waals surface area contributed by atoms with E-state index in [9.17, 15) is 4.79 Å². The van der Waals surface area contributed by atoms with Gasteiger partial charge in [0.1, 0.15) is 0 Å². The SMILES string of the molecule is COc1cc2c(cc1OC)CN(Cc1ccccc1NC(=O)C(C)CN)CC2.Cl.Cl. The van der Waals surface area contributed by atoms with Gasteiger partial charge in [0.15, 0.2) is 11.5 Å². The van der Waals surface area contributed by atoms with Crippen LogP contribution in [0.2, 0.25) is 0 Å². The van der Waals surface area contributed by atoms with Crippen LogP contribution in [-0.2, 0) is 24.3 Å². The predicted molar refractivity (Wildman–Crippen MR) is 125 cm³/mol. The Bertz CT molecular complexity index is 848. The third-order valence-electron chi connectivity index (χ3n) is 5.27. The number of hydrogen-bond acceptors (Lipinski definition) is 5. The summed E-state index contributed by atoms with van der Waals surface area (Å²) in [5.41, 5.74) is 10.1. The van der Waals surface area contributed by atoms with E-state index in [-0.39, 0.29) is 36.6 Å². The van der Waals surface area contributed by atoms with E-state index < -0.39 is 0 Å². The first-order valence-electron chi connectivity index (χ1n) is 9.60. The topological polar surface area (TPSA) is 76.8 Å². The standard InChI is InChI=1S/C22H29N3O3.2ClH/c1-15(12-23)22(26)24-19-7-5-4-6-17(19)13-25-9-8-16-10-20(27-2)21(28-3)11-18(16)14-25;;/h4-7,10-11,15H,8-9,12-14,23H2,1-3H3,(H,24,26);2*1H. The van der Waals surface area contributed by atoms with Crippen LogP contribution in [0.3, 0.4) is 0 Å². The Hall–Kier alpha value is -1.99. The van der Waals surface area contributed by atoms with Crippen molar-refractivity contribution in [2.45, 2.75) is 26.4 Å². The zero-order valence-electron chi connectivity index (χ0n) is 17.6. The normalized spacial score (nSPS) is 13.9. The monoisotopic (exact) mass is 455 g/mol. The minimum atomic E-state index is -0.211. The van der Waals surface area contributed by atoms with Crippen LogP contribution in [0.15, 0.2) is 36.4 Å². The molecule has 1 heterocycles. The maximum absolute atomic E-state index is 12.3. The molecule has 0 saturated carbocycles. The molecule has 3 N–H and O–H groups in total. The molecule has 0 fully saturated rings. The molecule has 1 unspecified atom stereocenters. The molecule has 3 rings (SSSR count). The fraction of sp³-hybridized carbons (Fsp3) is 0.409. The van der Waals surface area contributed by atoms with E-state index in [0.717, 1.165) is 48.8 Å². The molecule has 1 amide bonds. The second-order valence-corrected chi connectivity index (χ2v) is 7.22. The first kappa shape index (κ1) is 26.0. The van der Waals surface area contributed by atoms with Gasteiger partial charge in [0.2, 0.25) is 5.91 Å². The summed E-state index contributed by atoms with van der Waals surface area (Å²) in [6.07, 6.45) is 0.953. The van der Waals surface area contributed by atoms with Crippen LogP contribution in [0.25, 0.3) is 0 Å². The Morgan fingerprint density at radius 3 is 2.40 bits per heavy atom. The van der Waals surface area contributed by atoms with Gasteiger partial charge in [-0.3, -0.25) is 9.69 Å². The number of carbonyl (C=O) groups is 1. The minimum absolute atomic E-state index is 0. The number of nitrogens with zero attached hydrogens (tertiary/aromatic N) is 1. The largest absolute Gasteiger partial charge is 0.493 e. The van der Waals surface area contributed by atoms with Crippen molar-refractivity contribution >= 4 is 36.4 Å². The number of hydrogen-bond donors (Lipinski definition) is 2. The van der Waals surface area contributed by atoms with Gasteiger partial charge in [0.05, 0.1) is 14.2 Å². The average Bonchev–Trinajstić information content (AvgIpc) is 2.73. The van der Waals surface area contributed by atoms with Crippen molar-refractivity contribution in [2.75, 3.05) is 32.6 Å². The van der Waals surface area contributed by atoms with Crippen molar-refractivity contribution in [3.05, 3.63) is 53.1 Å². The van der Waals surface area contributed by atoms with Crippen LogP contribution in [0.1, 0.15) is 23.6 Å². The van der Waals surface area contributed by atoms with E-state index in [4.69, 9.17) is 15.2 Å². The Kier molecular flexibility index (Phi) is 10.4. The van der Waals surface area contributed by atoms with Crippen LogP contribution >= 0.6 is 24.8 Å². The number of rotatable bonds is 7. The first-order chi connectivity index (χ1) is 13.5. The van der Waals surface area contributed by atoms with E-state index in [1.165, 1.54) is 11.1 Å². The molecule has 0 spiro atoms. The summed E-state index contributed by atoms with van der Waals surface area (Å²) in [5, 5.41) is 3.02. The van der Waals surface area contributed by atoms with Gasteiger partial charge in [0, 0.05) is 37.8 Å². The van der Waals surface area contributed by atoms with Crippen LogP contribution < -0.4 is 20.5 Å². The molecule has 1 aliphatic heterocycles. The fourth-order valence-electron chi connectivity index (χ4n) is 3.46. The Balaban J connectivity index is 0.00000225. The maximum Gasteiger partial charge on any atom is 0.228 e. The summed E-state index contributed by atoms with van der Waals surface area (Å²) in [6, 6.07) is 12.1. The third kappa shape index (κ3) is 6.01. The summed E-state index contributed by atoms with van der Waals surface area (Å²) in [4.78, 5) is 14.6. The zero-order valence-corrected chi connectivity index (χ0v) is 19.3. The van der Waals surface area contributed by atoms with Crippen molar-refractivity contribution in [1.82, 2.24) is 4.90 Å². The van der Waals surface area contributed by atoms with Crippen LogP contribution in [0.5, 0.6) is 11.5 Å². The third-order valence-corrected chi connectivity index (χ3v) is 5.27. The molecule has 1 atom stereocenters. The van der Waals surface area contributed by atoms with E-state index in [1.807, 2.05) is 25.1 Å². The van der Waals surface area contributed by atoms with Gasteiger partial charge in [-0.25, -0.2) is 0 Å². The molecule has 0 aromatic heterocycles. The average molecular weight is 456 g/mol. The number of para-hydroxylation sites is 1. The Morgan fingerprint density at radius 2 is 1.77 bits per heavy atom. The summed E-state index contributed by atoms with van der Waals surface area (Å²) in [5.74, 6) is 1.27. The number of ether oxygens (including phenoxy) is 2. The van der Waals surface area contributed by atoms with Gasteiger partial charge in [0.25, 0.3) is 0 Å². The number of halogens is 2. The van der Waals surface area contributed by atoms with E-state index in [0.29, 0.717) is 6.54 Å². The number of amides is 1. The quantitative estimate of drug-likeness (QED) is 0.666. The lowest BCUT2D eigenvalue weighted by atomic mass is 9.98. The zero-order chi connectivity index (χ0) is 20.1. The summed E-state index contributed by atoms with van der Waals surface area (Å²) in [6.45, 7) is 4.71. The fourth-order valence-corrected chi connectivity index (χ4v) is 3.46. The number of benzene rings is 2. The van der Waals surface area contributed by atoms with E-state index >= 15 is 0 Å². The lowest BCUT2D eigenvalue weighted by molar-refractivity contribution is -0.119. The van der Waals surface area contributed by atoms with E-state index in [1.54, 1.807) is 14.2 Å². The van der Waals surface area contributed by atoms with Crippen LogP contribution in [0, 0.1) is 5.92 Å². The van der Waals surface area contributed by atoms with Gasteiger partial charge in [-0.15, -0.1) is 24.8 Å². The highest BCUT2D eigenvalue weighted by Gasteiger charge is 2.21. The molecule has 2 aromatic rings. The van der Waals surface area contributed by atoms with Gasteiger partial charge >= 0.3 is 0 Å². The van der Waals surface area contributed by atoms with Crippen molar-refractivity contribution in [1.29, 1.82) is 0 Å². The number of fused-ring (bicyclic) bond motifs is 1. The Labute approximate surface area is 190 Å². The molecule has 8 heteroatoms. The second kappa shape index (κ2) is 12.0. The minimum Gasteiger partial charge on any atom is -0.493 e. The summed E-state index contributed by atoms with van der Waals surface area (Å²) in [7, 11) is 3.32. The summed E-state index contributed by atoms with van der Waals surface area (Å²) < 4.78 is 10.9. The van der Waals surface area contributed by atoms with Gasteiger partial charge < -0.3 is 20.5 Å². The smallest absolute Gasteiger partial charge is 0.228 e. The van der Waals surface area contributed by atoms with Crippen molar-refractivity contribution in [3.8, 4) is 11.5 Å². The second-order valence-electron chi connectivity index (χ2n) is 7.22. The highest BCUT2D eigenvalue weighted by Crippen LogP contribution is 2.33. The molecule has 0 aliphatic carbocycles. The molecule has 2 aromatic carbocycles. The molecule has 30 heavy (non-hydrogen) atoms.